The van der Waals surface area contributed by atoms with Crippen LogP contribution in [0.25, 0.3) is 0 Å². The number of nitrogens with one attached hydrogen (secondary N) is 2. The number of hydrogen-bond donors (Lipinski definition) is 2. The largest absolute Gasteiger partial charge is 0.482 e. The summed E-state index contributed by atoms with van der Waals surface area (Å²) in [5.74, 6) is 0.202. The molecule has 112 valence electrons. The molecule has 2 amide bonds. The van der Waals surface area contributed by atoms with Crippen molar-refractivity contribution in [2.24, 2.45) is 0 Å². The van der Waals surface area contributed by atoms with Gasteiger partial charge in [-0.2, -0.15) is 0 Å². The van der Waals surface area contributed by atoms with Crippen molar-refractivity contribution in [3.05, 3.63) is 59.7 Å². The standard InChI is InChI=1S/C17H16N2O3/c20-16-11-22-15-7-6-13(10-14(15)19-16)17(21)18-9-8-12-4-2-1-3-5-12/h1-7,10H,8-9,11H2,(H,18,21)(H,19,20). The zero-order valence-corrected chi connectivity index (χ0v) is 12.0. The molecule has 0 atom stereocenters. The molecule has 0 unspecified atom stereocenters. The van der Waals surface area contributed by atoms with Gasteiger partial charge >= 0.3 is 0 Å². The lowest BCUT2D eigenvalue weighted by Gasteiger charge is -2.18. The van der Waals surface area contributed by atoms with Crippen LogP contribution in [-0.2, 0) is 11.2 Å². The van der Waals surface area contributed by atoms with E-state index >= 15 is 0 Å². The van der Waals surface area contributed by atoms with Crippen LogP contribution in [0.15, 0.2) is 48.5 Å². The molecule has 1 heterocycles. The second-order valence-corrected chi connectivity index (χ2v) is 5.04. The molecule has 0 fully saturated rings. The van der Waals surface area contributed by atoms with Gasteiger partial charge in [-0.3, -0.25) is 9.59 Å². The zero-order valence-electron chi connectivity index (χ0n) is 12.0. The van der Waals surface area contributed by atoms with Gasteiger partial charge in [-0.05, 0) is 30.2 Å². The van der Waals surface area contributed by atoms with Crippen molar-refractivity contribution < 1.29 is 14.3 Å². The Morgan fingerprint density at radius 2 is 2.00 bits per heavy atom. The Balaban J connectivity index is 1.60. The van der Waals surface area contributed by atoms with Gasteiger partial charge in [0.05, 0.1) is 5.69 Å². The van der Waals surface area contributed by atoms with Crippen LogP contribution in [0.1, 0.15) is 15.9 Å². The lowest BCUT2D eigenvalue weighted by molar-refractivity contribution is -0.118. The molecule has 5 heteroatoms. The van der Waals surface area contributed by atoms with Crippen LogP contribution in [-0.4, -0.2) is 25.0 Å². The smallest absolute Gasteiger partial charge is 0.262 e. The first-order valence-corrected chi connectivity index (χ1v) is 7.11. The minimum atomic E-state index is -0.214. The number of carbonyl (C=O) groups excluding carboxylic acids is 2. The molecular weight excluding hydrogens is 280 g/mol. The molecule has 0 saturated carbocycles. The summed E-state index contributed by atoms with van der Waals surface area (Å²) < 4.78 is 5.27. The third kappa shape index (κ3) is 3.25. The molecule has 5 nitrogen and oxygen atoms in total. The number of amides is 2. The van der Waals surface area contributed by atoms with Crippen molar-refractivity contribution in [1.29, 1.82) is 0 Å². The van der Waals surface area contributed by atoms with Crippen LogP contribution in [0.3, 0.4) is 0 Å². The van der Waals surface area contributed by atoms with E-state index in [0.29, 0.717) is 23.5 Å². The summed E-state index contributed by atoms with van der Waals surface area (Å²) in [6.45, 7) is 0.568. The van der Waals surface area contributed by atoms with Crippen molar-refractivity contribution in [3.8, 4) is 5.75 Å². The van der Waals surface area contributed by atoms with E-state index in [1.165, 1.54) is 5.56 Å². The molecule has 0 aliphatic carbocycles. The monoisotopic (exact) mass is 296 g/mol. The Bertz CT molecular complexity index is 698. The molecule has 2 N–H and O–H groups in total. The number of carbonyl (C=O) groups is 2. The van der Waals surface area contributed by atoms with Gasteiger partial charge in [0.2, 0.25) is 0 Å². The van der Waals surface area contributed by atoms with Gasteiger partial charge in [-0.15, -0.1) is 0 Å². The molecule has 0 radical (unpaired) electrons. The van der Waals surface area contributed by atoms with Gasteiger partial charge in [0.25, 0.3) is 11.8 Å². The highest BCUT2D eigenvalue weighted by Gasteiger charge is 2.17. The molecular formula is C17H16N2O3. The Kier molecular flexibility index (Phi) is 4.05. The van der Waals surface area contributed by atoms with Gasteiger partial charge in [0.1, 0.15) is 5.75 Å². The van der Waals surface area contributed by atoms with E-state index in [2.05, 4.69) is 10.6 Å². The van der Waals surface area contributed by atoms with Gasteiger partial charge in [0, 0.05) is 12.1 Å². The van der Waals surface area contributed by atoms with E-state index < -0.39 is 0 Å². The molecule has 2 aromatic rings. The van der Waals surface area contributed by atoms with Crippen molar-refractivity contribution in [1.82, 2.24) is 5.32 Å². The Morgan fingerprint density at radius 3 is 2.82 bits per heavy atom. The van der Waals surface area contributed by atoms with Crippen molar-refractivity contribution in [2.45, 2.75) is 6.42 Å². The van der Waals surface area contributed by atoms with Crippen LogP contribution in [0.5, 0.6) is 5.75 Å². The van der Waals surface area contributed by atoms with E-state index in [-0.39, 0.29) is 18.4 Å². The average Bonchev–Trinajstić information content (AvgIpc) is 2.55. The number of anilines is 1. The number of rotatable bonds is 4. The summed E-state index contributed by atoms with van der Waals surface area (Å²) in [5.41, 5.74) is 2.21. The molecule has 22 heavy (non-hydrogen) atoms. The highest BCUT2D eigenvalue weighted by atomic mass is 16.5. The van der Waals surface area contributed by atoms with E-state index in [4.69, 9.17) is 4.74 Å². The maximum absolute atomic E-state index is 12.1. The molecule has 0 spiro atoms. The minimum Gasteiger partial charge on any atom is -0.482 e. The summed E-state index contributed by atoms with van der Waals surface area (Å²) in [5, 5.41) is 5.57. The maximum atomic E-state index is 12.1. The Labute approximate surface area is 128 Å². The third-order valence-corrected chi connectivity index (χ3v) is 3.42. The average molecular weight is 296 g/mol. The minimum absolute atomic E-state index is 0.00954. The first-order chi connectivity index (χ1) is 10.7. The topological polar surface area (TPSA) is 67.4 Å². The fourth-order valence-corrected chi connectivity index (χ4v) is 2.29. The summed E-state index contributed by atoms with van der Waals surface area (Å²) in [6.07, 6.45) is 0.775. The van der Waals surface area contributed by atoms with E-state index in [9.17, 15) is 9.59 Å². The van der Waals surface area contributed by atoms with Gasteiger partial charge < -0.3 is 15.4 Å². The van der Waals surface area contributed by atoms with E-state index in [0.717, 1.165) is 6.42 Å². The van der Waals surface area contributed by atoms with Crippen LogP contribution < -0.4 is 15.4 Å². The summed E-state index contributed by atoms with van der Waals surface area (Å²) in [6, 6.07) is 15.0. The molecule has 0 aromatic heterocycles. The SMILES string of the molecule is O=C1COc2ccc(C(=O)NCCc3ccccc3)cc2N1. The maximum Gasteiger partial charge on any atom is 0.262 e. The predicted molar refractivity (Wildman–Crippen MR) is 83.0 cm³/mol. The van der Waals surface area contributed by atoms with Gasteiger partial charge in [-0.25, -0.2) is 0 Å². The third-order valence-electron chi connectivity index (χ3n) is 3.42. The zero-order chi connectivity index (χ0) is 15.4. The van der Waals surface area contributed by atoms with Gasteiger partial charge in [-0.1, -0.05) is 30.3 Å². The highest BCUT2D eigenvalue weighted by Crippen LogP contribution is 2.28. The van der Waals surface area contributed by atoms with Crippen molar-refractivity contribution in [2.75, 3.05) is 18.5 Å². The van der Waals surface area contributed by atoms with Crippen LogP contribution in [0, 0.1) is 0 Å². The predicted octanol–water partition coefficient (Wildman–Crippen LogP) is 1.99. The van der Waals surface area contributed by atoms with Crippen LogP contribution in [0.4, 0.5) is 5.69 Å². The Hall–Kier alpha value is -2.82. The molecule has 0 bridgehead atoms. The highest BCUT2D eigenvalue weighted by molar-refractivity contribution is 5.99. The fraction of sp³-hybridized carbons (Fsp3) is 0.176. The normalized spacial score (nSPS) is 12.8. The number of benzene rings is 2. The summed E-state index contributed by atoms with van der Waals surface area (Å²) in [7, 11) is 0. The lowest BCUT2D eigenvalue weighted by atomic mass is 10.1. The van der Waals surface area contributed by atoms with Gasteiger partial charge in [0.15, 0.2) is 6.61 Å². The molecule has 1 aliphatic rings. The first-order valence-electron chi connectivity index (χ1n) is 7.11. The quantitative estimate of drug-likeness (QED) is 0.906. The number of ether oxygens (including phenoxy) is 1. The summed E-state index contributed by atoms with van der Waals surface area (Å²) >= 11 is 0. The second-order valence-electron chi connectivity index (χ2n) is 5.04. The van der Waals surface area contributed by atoms with E-state index in [1.807, 2.05) is 30.3 Å². The van der Waals surface area contributed by atoms with Crippen molar-refractivity contribution in [3.63, 3.8) is 0 Å². The fourth-order valence-electron chi connectivity index (χ4n) is 2.29. The Morgan fingerprint density at radius 1 is 1.18 bits per heavy atom. The van der Waals surface area contributed by atoms with Crippen LogP contribution in [0.2, 0.25) is 0 Å². The summed E-state index contributed by atoms with van der Waals surface area (Å²) in [4.78, 5) is 23.4. The lowest BCUT2D eigenvalue weighted by Crippen LogP contribution is -2.28. The molecule has 1 aliphatic heterocycles. The number of fused-ring (bicyclic) bond motifs is 1. The van der Waals surface area contributed by atoms with E-state index in [1.54, 1.807) is 18.2 Å². The first kappa shape index (κ1) is 14.1. The van der Waals surface area contributed by atoms with Crippen molar-refractivity contribution >= 4 is 17.5 Å². The number of hydrogen-bond acceptors (Lipinski definition) is 3. The molecule has 2 aromatic carbocycles. The van der Waals surface area contributed by atoms with Crippen LogP contribution >= 0.6 is 0 Å². The molecule has 0 saturated heterocycles. The second kappa shape index (κ2) is 6.30. The molecule has 3 rings (SSSR count).